The first kappa shape index (κ1) is 13.5. The Morgan fingerprint density at radius 3 is 2.94 bits per heavy atom. The molecule has 0 bridgehead atoms. The number of carbonyl (C=O) groups is 1. The highest BCUT2D eigenvalue weighted by atomic mass is 16.5. The minimum absolute atomic E-state index is 0.00398. The summed E-state index contributed by atoms with van der Waals surface area (Å²) in [4.78, 5) is 11.5. The van der Waals surface area contributed by atoms with E-state index >= 15 is 0 Å². The van der Waals surface area contributed by atoms with Crippen molar-refractivity contribution in [3.05, 3.63) is 24.3 Å². The van der Waals surface area contributed by atoms with Gasteiger partial charge in [0.25, 0.3) is 0 Å². The third-order valence-electron chi connectivity index (χ3n) is 2.21. The number of nitrogens with two attached hydrogens (primary N) is 1. The van der Waals surface area contributed by atoms with Crippen molar-refractivity contribution in [2.24, 2.45) is 0 Å². The molecule has 1 aromatic rings. The van der Waals surface area contributed by atoms with E-state index in [9.17, 15) is 4.79 Å². The van der Waals surface area contributed by atoms with Gasteiger partial charge in [-0.15, -0.1) is 0 Å². The van der Waals surface area contributed by atoms with Gasteiger partial charge in [0.15, 0.2) is 0 Å². The van der Waals surface area contributed by atoms with Crippen molar-refractivity contribution >= 4 is 17.3 Å². The summed E-state index contributed by atoms with van der Waals surface area (Å²) in [6, 6.07) is 7.16. The molecule has 0 saturated carbocycles. The van der Waals surface area contributed by atoms with E-state index in [-0.39, 0.29) is 5.91 Å². The first-order chi connectivity index (χ1) is 8.22. The van der Waals surface area contributed by atoms with Crippen molar-refractivity contribution in [2.75, 3.05) is 24.3 Å². The molecule has 0 unspecified atom stereocenters. The van der Waals surface area contributed by atoms with Gasteiger partial charge in [0.05, 0.1) is 0 Å². The number of rotatable bonds is 7. The summed E-state index contributed by atoms with van der Waals surface area (Å²) in [6.07, 6.45) is 2.22. The van der Waals surface area contributed by atoms with Gasteiger partial charge in [0.2, 0.25) is 5.91 Å². The monoisotopic (exact) mass is 236 g/mol. The number of ether oxygens (including phenoxy) is 1. The SMILES string of the molecule is CCCOCCCC(=O)Nc1cccc(N)c1. The smallest absolute Gasteiger partial charge is 0.224 e. The van der Waals surface area contributed by atoms with E-state index in [1.807, 2.05) is 12.1 Å². The van der Waals surface area contributed by atoms with Crippen molar-refractivity contribution in [3.8, 4) is 0 Å². The molecule has 0 atom stereocenters. The summed E-state index contributed by atoms with van der Waals surface area (Å²) in [5, 5.41) is 2.80. The quantitative estimate of drug-likeness (QED) is 0.564. The predicted molar refractivity (Wildman–Crippen MR) is 69.8 cm³/mol. The molecule has 94 valence electrons. The molecular formula is C13H20N2O2. The Kier molecular flexibility index (Phi) is 6.10. The highest BCUT2D eigenvalue weighted by Crippen LogP contribution is 2.12. The summed E-state index contributed by atoms with van der Waals surface area (Å²) in [5.41, 5.74) is 7.01. The zero-order chi connectivity index (χ0) is 12.5. The number of carbonyl (C=O) groups excluding carboxylic acids is 1. The summed E-state index contributed by atoms with van der Waals surface area (Å²) < 4.78 is 5.30. The van der Waals surface area contributed by atoms with E-state index in [0.29, 0.717) is 18.7 Å². The van der Waals surface area contributed by atoms with Gasteiger partial charge in [-0.1, -0.05) is 13.0 Å². The van der Waals surface area contributed by atoms with Gasteiger partial charge in [-0.2, -0.15) is 0 Å². The van der Waals surface area contributed by atoms with Gasteiger partial charge in [-0.3, -0.25) is 4.79 Å². The molecule has 0 heterocycles. The topological polar surface area (TPSA) is 64.3 Å². The van der Waals surface area contributed by atoms with Gasteiger partial charge in [0, 0.05) is 31.0 Å². The van der Waals surface area contributed by atoms with Crippen LogP contribution in [0.4, 0.5) is 11.4 Å². The first-order valence-corrected chi connectivity index (χ1v) is 5.95. The summed E-state index contributed by atoms with van der Waals surface area (Å²) in [7, 11) is 0. The lowest BCUT2D eigenvalue weighted by molar-refractivity contribution is -0.116. The van der Waals surface area contributed by atoms with Gasteiger partial charge >= 0.3 is 0 Å². The predicted octanol–water partition coefficient (Wildman–Crippen LogP) is 2.41. The highest BCUT2D eigenvalue weighted by molar-refractivity contribution is 5.91. The average Bonchev–Trinajstić information content (AvgIpc) is 2.29. The largest absolute Gasteiger partial charge is 0.399 e. The van der Waals surface area contributed by atoms with Crippen LogP contribution in [0.3, 0.4) is 0 Å². The standard InChI is InChI=1S/C13H20N2O2/c1-2-8-17-9-4-7-13(16)15-12-6-3-5-11(14)10-12/h3,5-6,10H,2,4,7-9,14H2,1H3,(H,15,16). The third-order valence-corrected chi connectivity index (χ3v) is 2.21. The molecule has 0 fully saturated rings. The Morgan fingerprint density at radius 1 is 1.41 bits per heavy atom. The minimum Gasteiger partial charge on any atom is -0.399 e. The Morgan fingerprint density at radius 2 is 2.24 bits per heavy atom. The molecule has 17 heavy (non-hydrogen) atoms. The maximum atomic E-state index is 11.5. The van der Waals surface area contributed by atoms with E-state index < -0.39 is 0 Å². The van der Waals surface area contributed by atoms with Crippen molar-refractivity contribution < 1.29 is 9.53 Å². The van der Waals surface area contributed by atoms with Crippen LogP contribution in [0.25, 0.3) is 0 Å². The van der Waals surface area contributed by atoms with Crippen LogP contribution >= 0.6 is 0 Å². The number of benzene rings is 1. The minimum atomic E-state index is -0.00398. The van der Waals surface area contributed by atoms with Gasteiger partial charge in [-0.05, 0) is 31.0 Å². The second kappa shape index (κ2) is 7.68. The van der Waals surface area contributed by atoms with Gasteiger partial charge in [0.1, 0.15) is 0 Å². The lowest BCUT2D eigenvalue weighted by Crippen LogP contribution is -2.12. The van der Waals surface area contributed by atoms with Crippen LogP contribution in [0.2, 0.25) is 0 Å². The third kappa shape index (κ3) is 5.92. The molecule has 0 aliphatic carbocycles. The number of anilines is 2. The van der Waals surface area contributed by atoms with Gasteiger partial charge < -0.3 is 15.8 Å². The first-order valence-electron chi connectivity index (χ1n) is 5.95. The van der Waals surface area contributed by atoms with Crippen LogP contribution in [-0.2, 0) is 9.53 Å². The lowest BCUT2D eigenvalue weighted by atomic mass is 10.2. The molecule has 1 rings (SSSR count). The molecule has 0 spiro atoms. The summed E-state index contributed by atoms with van der Waals surface area (Å²) >= 11 is 0. The fraction of sp³-hybridized carbons (Fsp3) is 0.462. The van der Waals surface area contributed by atoms with Crippen LogP contribution in [0.5, 0.6) is 0 Å². The Labute approximate surface area is 102 Å². The lowest BCUT2D eigenvalue weighted by Gasteiger charge is -2.06. The molecular weight excluding hydrogens is 216 g/mol. The fourth-order valence-electron chi connectivity index (χ4n) is 1.42. The Hall–Kier alpha value is -1.55. The molecule has 3 N–H and O–H groups in total. The molecule has 0 aliphatic heterocycles. The zero-order valence-electron chi connectivity index (χ0n) is 10.2. The summed E-state index contributed by atoms with van der Waals surface area (Å²) in [5.74, 6) is -0.00398. The molecule has 0 radical (unpaired) electrons. The molecule has 0 aromatic heterocycles. The number of hydrogen-bond acceptors (Lipinski definition) is 3. The molecule has 4 nitrogen and oxygen atoms in total. The number of nitrogen functional groups attached to an aromatic ring is 1. The van der Waals surface area contributed by atoms with Crippen LogP contribution < -0.4 is 11.1 Å². The highest BCUT2D eigenvalue weighted by Gasteiger charge is 2.02. The van der Waals surface area contributed by atoms with E-state index in [2.05, 4.69) is 12.2 Å². The molecule has 1 amide bonds. The average molecular weight is 236 g/mol. The van der Waals surface area contributed by atoms with E-state index in [4.69, 9.17) is 10.5 Å². The van der Waals surface area contributed by atoms with Crippen LogP contribution in [0.1, 0.15) is 26.2 Å². The maximum absolute atomic E-state index is 11.5. The maximum Gasteiger partial charge on any atom is 0.224 e. The van der Waals surface area contributed by atoms with E-state index in [1.165, 1.54) is 0 Å². The van der Waals surface area contributed by atoms with Gasteiger partial charge in [-0.25, -0.2) is 0 Å². The molecule has 4 heteroatoms. The number of amides is 1. The molecule has 0 saturated heterocycles. The molecule has 1 aromatic carbocycles. The van der Waals surface area contributed by atoms with Crippen molar-refractivity contribution in [1.29, 1.82) is 0 Å². The Bertz CT molecular complexity index is 353. The molecule has 0 aliphatic rings. The number of hydrogen-bond donors (Lipinski definition) is 2. The van der Waals surface area contributed by atoms with E-state index in [0.717, 1.165) is 25.1 Å². The van der Waals surface area contributed by atoms with Crippen LogP contribution in [-0.4, -0.2) is 19.1 Å². The summed E-state index contributed by atoms with van der Waals surface area (Å²) in [6.45, 7) is 3.46. The second-order valence-corrected chi connectivity index (χ2v) is 3.89. The van der Waals surface area contributed by atoms with Crippen molar-refractivity contribution in [3.63, 3.8) is 0 Å². The van der Waals surface area contributed by atoms with E-state index in [1.54, 1.807) is 12.1 Å². The number of nitrogens with one attached hydrogen (secondary N) is 1. The van der Waals surface area contributed by atoms with Crippen molar-refractivity contribution in [1.82, 2.24) is 0 Å². The van der Waals surface area contributed by atoms with Crippen LogP contribution in [0, 0.1) is 0 Å². The zero-order valence-corrected chi connectivity index (χ0v) is 10.2. The van der Waals surface area contributed by atoms with Crippen molar-refractivity contribution in [2.45, 2.75) is 26.2 Å². The fourth-order valence-corrected chi connectivity index (χ4v) is 1.42. The Balaban J connectivity index is 2.21. The van der Waals surface area contributed by atoms with Crippen LogP contribution in [0.15, 0.2) is 24.3 Å². The second-order valence-electron chi connectivity index (χ2n) is 3.89. The normalized spacial score (nSPS) is 10.2.